The van der Waals surface area contributed by atoms with E-state index in [1.165, 1.54) is 18.5 Å². The van der Waals surface area contributed by atoms with Crippen molar-refractivity contribution in [3.8, 4) is 0 Å². The molecule has 0 atom stereocenters. The zero-order chi connectivity index (χ0) is 9.61. The minimum absolute atomic E-state index is 0.0914. The first-order valence-electron chi connectivity index (χ1n) is 4.76. The lowest BCUT2D eigenvalue weighted by molar-refractivity contribution is 1.05. The van der Waals surface area contributed by atoms with E-state index in [9.17, 15) is 0 Å². The largest absolute Gasteiger partial charge is 0.168 e. The molecular weight excluding hydrogens is 200 g/mol. The van der Waals surface area contributed by atoms with Crippen LogP contribution in [0.5, 0.6) is 0 Å². The molecule has 0 spiro atoms. The molecule has 0 aromatic heterocycles. The number of hydrogen-bond acceptors (Lipinski definition) is 0. The van der Waals surface area contributed by atoms with Crippen LogP contribution in [0, 0.1) is 0 Å². The summed E-state index contributed by atoms with van der Waals surface area (Å²) >= 11 is 6.22. The maximum absolute atomic E-state index is 6.22. The van der Waals surface area contributed by atoms with Crippen molar-refractivity contribution in [1.29, 1.82) is 0 Å². The van der Waals surface area contributed by atoms with Gasteiger partial charge in [-0.05, 0) is 19.9 Å². The summed E-state index contributed by atoms with van der Waals surface area (Å²) in [7, 11) is -1.17. The summed E-state index contributed by atoms with van der Waals surface area (Å²) < 4.78 is 0. The monoisotopic (exact) mass is 220 g/mol. The zero-order valence-electron chi connectivity index (χ0n) is 8.78. The Labute approximate surface area is 84.9 Å². The van der Waals surface area contributed by atoms with Crippen molar-refractivity contribution in [1.82, 2.24) is 0 Å². The van der Waals surface area contributed by atoms with E-state index in [1.807, 2.05) is 0 Å². The molecule has 0 unspecified atom stereocenters. The molecular formula is C9H21ClSi2. The maximum atomic E-state index is 6.22. The Morgan fingerprint density at radius 2 is 2.08 bits per heavy atom. The highest BCUT2D eigenvalue weighted by molar-refractivity contribution is 7.19. The SMILES string of the molecule is CC=C(C)[SiH2]CCC[Si](C)(C)Cl. The molecule has 0 aromatic rings. The average molecular weight is 221 g/mol. The van der Waals surface area contributed by atoms with E-state index in [0.29, 0.717) is 0 Å². The Hall–Kier alpha value is 0.464. The normalized spacial score (nSPS) is 14.6. The van der Waals surface area contributed by atoms with Gasteiger partial charge >= 0.3 is 0 Å². The minimum Gasteiger partial charge on any atom is -0.168 e. The van der Waals surface area contributed by atoms with E-state index < -0.39 is 7.38 Å². The fourth-order valence-corrected chi connectivity index (χ4v) is 4.43. The summed E-state index contributed by atoms with van der Waals surface area (Å²) in [5, 5.41) is 1.64. The van der Waals surface area contributed by atoms with Gasteiger partial charge in [0.1, 0.15) is 7.38 Å². The van der Waals surface area contributed by atoms with Gasteiger partial charge in [0.25, 0.3) is 0 Å². The van der Waals surface area contributed by atoms with Crippen LogP contribution in [0.3, 0.4) is 0 Å². The van der Waals surface area contributed by atoms with Crippen molar-refractivity contribution in [2.45, 2.75) is 45.5 Å². The summed E-state index contributed by atoms with van der Waals surface area (Å²) in [5.41, 5.74) is 0. The summed E-state index contributed by atoms with van der Waals surface area (Å²) in [4.78, 5) is 0. The van der Waals surface area contributed by atoms with Crippen molar-refractivity contribution >= 4 is 28.0 Å². The molecule has 0 N–H and O–H groups in total. The fraction of sp³-hybridized carbons (Fsp3) is 0.778. The molecule has 0 heterocycles. The third-order valence-corrected chi connectivity index (χ3v) is 6.25. The van der Waals surface area contributed by atoms with Gasteiger partial charge in [-0.15, -0.1) is 0 Å². The molecule has 0 aliphatic carbocycles. The Balaban J connectivity index is 3.34. The Morgan fingerprint density at radius 1 is 1.50 bits per heavy atom. The minimum atomic E-state index is -1.26. The van der Waals surface area contributed by atoms with Crippen LogP contribution in [0.1, 0.15) is 20.3 Å². The van der Waals surface area contributed by atoms with Gasteiger partial charge in [0.05, 0.1) is 0 Å². The van der Waals surface area contributed by atoms with Crippen LogP contribution in [0.25, 0.3) is 0 Å². The lowest BCUT2D eigenvalue weighted by Crippen LogP contribution is -2.15. The molecule has 0 saturated carbocycles. The second kappa shape index (κ2) is 6.00. The van der Waals surface area contributed by atoms with Crippen LogP contribution in [0.2, 0.25) is 25.2 Å². The topological polar surface area (TPSA) is 0 Å². The van der Waals surface area contributed by atoms with Gasteiger partial charge in [-0.2, -0.15) is 11.1 Å². The first-order valence-corrected chi connectivity index (χ1v) is 10.7. The van der Waals surface area contributed by atoms with Gasteiger partial charge < -0.3 is 0 Å². The molecule has 0 aromatic carbocycles. The fourth-order valence-electron chi connectivity index (χ4n) is 1.09. The molecule has 3 heteroatoms. The smallest absolute Gasteiger partial charge is 0.150 e. The van der Waals surface area contributed by atoms with E-state index >= 15 is 0 Å². The van der Waals surface area contributed by atoms with Crippen LogP contribution in [-0.2, 0) is 0 Å². The lowest BCUT2D eigenvalue weighted by Gasteiger charge is -2.11. The number of rotatable bonds is 5. The third-order valence-electron chi connectivity index (χ3n) is 2.09. The van der Waals surface area contributed by atoms with Crippen LogP contribution in [-0.4, -0.2) is 16.9 Å². The van der Waals surface area contributed by atoms with E-state index in [1.54, 1.807) is 5.20 Å². The molecule has 0 nitrogen and oxygen atoms in total. The molecule has 0 radical (unpaired) electrons. The van der Waals surface area contributed by atoms with Gasteiger partial charge in [-0.25, -0.2) is 0 Å². The highest BCUT2D eigenvalue weighted by Gasteiger charge is 2.15. The average Bonchev–Trinajstić information content (AvgIpc) is 1.96. The molecule has 0 aliphatic rings. The van der Waals surface area contributed by atoms with Gasteiger partial charge in [0.15, 0.2) is 0 Å². The second-order valence-electron chi connectivity index (χ2n) is 4.06. The van der Waals surface area contributed by atoms with Crippen molar-refractivity contribution in [3.05, 3.63) is 11.3 Å². The molecule has 0 rings (SSSR count). The zero-order valence-corrected chi connectivity index (χ0v) is 12.0. The Bertz CT molecular complexity index is 147. The number of hydrogen-bond donors (Lipinski definition) is 0. The van der Waals surface area contributed by atoms with E-state index in [2.05, 4.69) is 33.0 Å². The molecule has 72 valence electrons. The summed E-state index contributed by atoms with van der Waals surface area (Å²) in [5.74, 6) is 0. The molecule has 0 aliphatic heterocycles. The number of halogens is 1. The van der Waals surface area contributed by atoms with E-state index in [4.69, 9.17) is 11.1 Å². The summed E-state index contributed by atoms with van der Waals surface area (Å²) in [6, 6.07) is 2.73. The van der Waals surface area contributed by atoms with Crippen molar-refractivity contribution < 1.29 is 0 Å². The van der Waals surface area contributed by atoms with E-state index in [-0.39, 0.29) is 9.52 Å². The molecule has 0 fully saturated rings. The Kier molecular flexibility index (Phi) is 6.23. The lowest BCUT2D eigenvalue weighted by atomic mass is 10.6. The quantitative estimate of drug-likeness (QED) is 0.379. The van der Waals surface area contributed by atoms with Gasteiger partial charge in [-0.1, -0.05) is 36.8 Å². The standard InChI is InChI=1S/C9H21ClSi2/c1-5-9(2)11-7-6-8-12(3,4)10/h5H,6-8,11H2,1-4H3. The first-order chi connectivity index (χ1) is 5.45. The molecule has 0 amide bonds. The molecule has 12 heavy (non-hydrogen) atoms. The number of allylic oxidation sites excluding steroid dienone is 2. The summed E-state index contributed by atoms with van der Waals surface area (Å²) in [6.07, 6.45) is 3.62. The highest BCUT2D eigenvalue weighted by atomic mass is 35.6. The Morgan fingerprint density at radius 3 is 2.50 bits per heavy atom. The maximum Gasteiger partial charge on any atom is 0.150 e. The van der Waals surface area contributed by atoms with Crippen molar-refractivity contribution in [2.24, 2.45) is 0 Å². The van der Waals surface area contributed by atoms with E-state index in [0.717, 1.165) is 0 Å². The van der Waals surface area contributed by atoms with Crippen LogP contribution >= 0.6 is 11.1 Å². The predicted molar refractivity (Wildman–Crippen MR) is 65.5 cm³/mol. The van der Waals surface area contributed by atoms with Crippen LogP contribution < -0.4 is 0 Å². The van der Waals surface area contributed by atoms with Crippen LogP contribution in [0.4, 0.5) is 0 Å². The second-order valence-corrected chi connectivity index (χ2v) is 13.4. The van der Waals surface area contributed by atoms with Gasteiger partial charge in [0, 0.05) is 9.52 Å². The van der Waals surface area contributed by atoms with Gasteiger partial charge in [-0.3, -0.25) is 0 Å². The van der Waals surface area contributed by atoms with Gasteiger partial charge in [0.2, 0.25) is 0 Å². The molecule has 0 bridgehead atoms. The van der Waals surface area contributed by atoms with Crippen molar-refractivity contribution in [3.63, 3.8) is 0 Å². The van der Waals surface area contributed by atoms with Crippen molar-refractivity contribution in [2.75, 3.05) is 0 Å². The first kappa shape index (κ1) is 12.5. The summed E-state index contributed by atoms with van der Waals surface area (Å²) in [6.45, 7) is 8.87. The predicted octanol–water partition coefficient (Wildman–Crippen LogP) is 3.33. The molecule has 0 saturated heterocycles. The highest BCUT2D eigenvalue weighted by Crippen LogP contribution is 2.17. The van der Waals surface area contributed by atoms with Crippen LogP contribution in [0.15, 0.2) is 11.3 Å². The third kappa shape index (κ3) is 8.56.